The number of aryl methyl sites for hydroxylation is 1. The zero-order valence-electron chi connectivity index (χ0n) is 19.1. The highest BCUT2D eigenvalue weighted by Gasteiger charge is 2.23. The lowest BCUT2D eigenvalue weighted by Gasteiger charge is -2.36. The van der Waals surface area contributed by atoms with Gasteiger partial charge in [-0.1, -0.05) is 36.0 Å². The van der Waals surface area contributed by atoms with E-state index in [-0.39, 0.29) is 28.9 Å². The zero-order chi connectivity index (χ0) is 24.2. The van der Waals surface area contributed by atoms with E-state index in [0.717, 1.165) is 5.56 Å². The van der Waals surface area contributed by atoms with E-state index >= 15 is 0 Å². The Labute approximate surface area is 201 Å². The van der Waals surface area contributed by atoms with Crippen LogP contribution in [0.4, 0.5) is 14.5 Å². The topological polar surface area (TPSA) is 58.4 Å². The molecule has 34 heavy (non-hydrogen) atoms. The fraction of sp³-hybridized carbons (Fsp3) is 0.320. The lowest BCUT2D eigenvalue weighted by molar-refractivity contribution is -0.128. The van der Waals surface area contributed by atoms with Crippen LogP contribution in [-0.4, -0.2) is 52.3 Å². The standard InChI is InChI=1S/C25H26F2N4O2S/c1-17-20(15-18-7-9-19(26)10-8-18)24(33)29(2)25(28-17)34-16-23(32)31-13-11-30(12-14-31)22-6-4-3-5-21(22)27/h3-10H,11-16H2,1-2H3. The highest BCUT2D eigenvalue weighted by Crippen LogP contribution is 2.21. The van der Waals surface area contributed by atoms with Crippen LogP contribution in [0.1, 0.15) is 16.8 Å². The van der Waals surface area contributed by atoms with Crippen LogP contribution in [-0.2, 0) is 18.3 Å². The number of rotatable bonds is 6. The number of aromatic nitrogens is 2. The van der Waals surface area contributed by atoms with Gasteiger partial charge in [0.05, 0.1) is 11.4 Å². The second-order valence-corrected chi connectivity index (χ2v) is 9.18. The summed E-state index contributed by atoms with van der Waals surface area (Å²) in [7, 11) is 1.64. The largest absolute Gasteiger partial charge is 0.366 e. The molecule has 1 aliphatic rings. The molecule has 0 atom stereocenters. The molecule has 0 N–H and O–H groups in total. The van der Waals surface area contributed by atoms with Crippen LogP contribution in [0, 0.1) is 18.6 Å². The van der Waals surface area contributed by atoms with Crippen molar-refractivity contribution in [1.29, 1.82) is 0 Å². The molecule has 0 bridgehead atoms. The van der Waals surface area contributed by atoms with Gasteiger partial charge in [-0.15, -0.1) is 0 Å². The summed E-state index contributed by atoms with van der Waals surface area (Å²) in [6.45, 7) is 3.91. The van der Waals surface area contributed by atoms with E-state index in [1.54, 1.807) is 49.2 Å². The van der Waals surface area contributed by atoms with Crippen LogP contribution >= 0.6 is 11.8 Å². The van der Waals surface area contributed by atoms with Crippen LogP contribution in [0.25, 0.3) is 0 Å². The van der Waals surface area contributed by atoms with E-state index in [2.05, 4.69) is 4.98 Å². The number of piperazine rings is 1. The average Bonchev–Trinajstić information content (AvgIpc) is 2.84. The van der Waals surface area contributed by atoms with E-state index in [1.165, 1.54) is 34.5 Å². The maximum Gasteiger partial charge on any atom is 0.257 e. The number of thioether (sulfide) groups is 1. The molecule has 0 unspecified atom stereocenters. The quantitative estimate of drug-likeness (QED) is 0.397. The molecule has 1 aromatic heterocycles. The van der Waals surface area contributed by atoms with Crippen LogP contribution in [0.15, 0.2) is 58.5 Å². The normalized spacial score (nSPS) is 13.9. The van der Waals surface area contributed by atoms with Gasteiger partial charge in [0, 0.05) is 50.9 Å². The molecule has 2 heterocycles. The molecule has 1 saturated heterocycles. The number of anilines is 1. The van der Waals surface area contributed by atoms with Crippen molar-refractivity contribution in [3.63, 3.8) is 0 Å². The molecule has 0 saturated carbocycles. The van der Waals surface area contributed by atoms with Crippen molar-refractivity contribution in [3.05, 3.63) is 87.3 Å². The summed E-state index contributed by atoms with van der Waals surface area (Å²) in [4.78, 5) is 34.0. The number of carbonyl (C=O) groups is 1. The van der Waals surface area contributed by atoms with Crippen molar-refractivity contribution < 1.29 is 13.6 Å². The van der Waals surface area contributed by atoms with Crippen molar-refractivity contribution in [3.8, 4) is 0 Å². The van der Waals surface area contributed by atoms with Crippen molar-refractivity contribution in [1.82, 2.24) is 14.5 Å². The fourth-order valence-corrected chi connectivity index (χ4v) is 4.90. The first-order valence-corrected chi connectivity index (χ1v) is 12.0. The molecule has 1 amide bonds. The first-order valence-electron chi connectivity index (χ1n) is 11.0. The molecular weight excluding hydrogens is 458 g/mol. The molecule has 4 rings (SSSR count). The number of nitrogens with zero attached hydrogens (tertiary/aromatic N) is 4. The predicted molar refractivity (Wildman–Crippen MR) is 129 cm³/mol. The maximum atomic E-state index is 14.0. The van der Waals surface area contributed by atoms with E-state index in [9.17, 15) is 18.4 Å². The predicted octanol–water partition coefficient (Wildman–Crippen LogP) is 3.40. The van der Waals surface area contributed by atoms with Gasteiger partial charge in [-0.2, -0.15) is 0 Å². The number of benzene rings is 2. The van der Waals surface area contributed by atoms with Gasteiger partial charge in [-0.25, -0.2) is 13.8 Å². The van der Waals surface area contributed by atoms with Gasteiger partial charge in [0.1, 0.15) is 11.6 Å². The van der Waals surface area contributed by atoms with Crippen molar-refractivity contribution in [2.24, 2.45) is 7.05 Å². The first kappa shape index (κ1) is 23.9. The lowest BCUT2D eigenvalue weighted by Crippen LogP contribution is -2.49. The Morgan fingerprint density at radius 2 is 1.71 bits per heavy atom. The Morgan fingerprint density at radius 3 is 2.38 bits per heavy atom. The van der Waals surface area contributed by atoms with Gasteiger partial charge >= 0.3 is 0 Å². The van der Waals surface area contributed by atoms with Crippen molar-refractivity contribution in [2.75, 3.05) is 36.8 Å². The highest BCUT2D eigenvalue weighted by molar-refractivity contribution is 7.99. The highest BCUT2D eigenvalue weighted by atomic mass is 32.2. The third-order valence-electron chi connectivity index (χ3n) is 5.99. The second kappa shape index (κ2) is 10.4. The number of para-hydroxylation sites is 1. The number of carbonyl (C=O) groups excluding carboxylic acids is 1. The van der Waals surface area contributed by atoms with Gasteiger partial charge in [-0.3, -0.25) is 14.2 Å². The minimum Gasteiger partial charge on any atom is -0.366 e. The molecule has 3 aromatic rings. The molecule has 0 spiro atoms. The maximum absolute atomic E-state index is 14.0. The number of hydrogen-bond acceptors (Lipinski definition) is 5. The van der Waals surface area contributed by atoms with E-state index in [0.29, 0.717) is 54.7 Å². The number of halogens is 2. The Bertz CT molecular complexity index is 1240. The van der Waals surface area contributed by atoms with Gasteiger partial charge in [-0.05, 0) is 36.8 Å². The van der Waals surface area contributed by atoms with Crippen molar-refractivity contribution in [2.45, 2.75) is 18.5 Å². The monoisotopic (exact) mass is 484 g/mol. The van der Waals surface area contributed by atoms with Gasteiger partial charge in [0.25, 0.3) is 5.56 Å². The lowest BCUT2D eigenvalue weighted by atomic mass is 10.1. The van der Waals surface area contributed by atoms with Crippen LogP contribution in [0.2, 0.25) is 0 Å². The Hall–Kier alpha value is -3.20. The van der Waals surface area contributed by atoms with Gasteiger partial charge in [0.2, 0.25) is 5.91 Å². The molecule has 0 radical (unpaired) electrons. The molecule has 9 heteroatoms. The van der Waals surface area contributed by atoms with Gasteiger partial charge in [0.15, 0.2) is 5.16 Å². The zero-order valence-corrected chi connectivity index (χ0v) is 19.9. The Balaban J connectivity index is 1.37. The minimum atomic E-state index is -0.323. The number of amides is 1. The third kappa shape index (κ3) is 5.30. The molecule has 1 aliphatic heterocycles. The Kier molecular flexibility index (Phi) is 7.31. The molecule has 178 valence electrons. The van der Waals surface area contributed by atoms with E-state index < -0.39 is 0 Å². The molecule has 6 nitrogen and oxygen atoms in total. The summed E-state index contributed by atoms with van der Waals surface area (Å²) in [6, 6.07) is 12.7. The molecule has 2 aromatic carbocycles. The summed E-state index contributed by atoms with van der Waals surface area (Å²) >= 11 is 1.23. The second-order valence-electron chi connectivity index (χ2n) is 8.23. The smallest absolute Gasteiger partial charge is 0.257 e. The number of hydrogen-bond donors (Lipinski definition) is 0. The average molecular weight is 485 g/mol. The molecular formula is C25H26F2N4O2S. The summed E-state index contributed by atoms with van der Waals surface area (Å²) in [5, 5.41) is 0.476. The third-order valence-corrected chi connectivity index (χ3v) is 7.01. The fourth-order valence-electron chi connectivity index (χ4n) is 3.99. The summed E-state index contributed by atoms with van der Waals surface area (Å²) < 4.78 is 28.7. The summed E-state index contributed by atoms with van der Waals surface area (Å²) in [6.07, 6.45) is 0.363. The minimum absolute atomic E-state index is 0.0412. The van der Waals surface area contributed by atoms with E-state index in [4.69, 9.17) is 0 Å². The van der Waals surface area contributed by atoms with E-state index in [1.807, 2.05) is 4.90 Å². The SMILES string of the molecule is Cc1nc(SCC(=O)N2CCN(c3ccccc3F)CC2)n(C)c(=O)c1Cc1ccc(F)cc1. The van der Waals surface area contributed by atoms with Crippen LogP contribution < -0.4 is 10.5 Å². The van der Waals surface area contributed by atoms with Crippen LogP contribution in [0.3, 0.4) is 0 Å². The van der Waals surface area contributed by atoms with Crippen LogP contribution in [0.5, 0.6) is 0 Å². The van der Waals surface area contributed by atoms with Gasteiger partial charge < -0.3 is 9.80 Å². The Morgan fingerprint density at radius 1 is 1.03 bits per heavy atom. The summed E-state index contributed by atoms with van der Waals surface area (Å²) in [5.41, 5.74) is 2.35. The van der Waals surface area contributed by atoms with Crippen molar-refractivity contribution >= 4 is 23.4 Å². The summed E-state index contributed by atoms with van der Waals surface area (Å²) in [5.74, 6) is -0.461. The molecule has 1 fully saturated rings. The first-order chi connectivity index (χ1) is 16.3. The molecule has 0 aliphatic carbocycles.